The molecule has 0 bridgehead atoms. The van der Waals surface area contributed by atoms with Crippen LogP contribution in [0.1, 0.15) is 34.8 Å². The highest BCUT2D eigenvalue weighted by Gasteiger charge is 2.08. The summed E-state index contributed by atoms with van der Waals surface area (Å²) in [5.74, 6) is -0.765. The van der Waals surface area contributed by atoms with E-state index in [9.17, 15) is 9.59 Å². The molecular formula is C20H20O4. The van der Waals surface area contributed by atoms with Gasteiger partial charge in [0.25, 0.3) is 0 Å². The van der Waals surface area contributed by atoms with Gasteiger partial charge in [0, 0.05) is 6.08 Å². The molecule has 0 saturated carbocycles. The first kappa shape index (κ1) is 17.5. The van der Waals surface area contributed by atoms with Crippen LogP contribution < -0.4 is 0 Å². The van der Waals surface area contributed by atoms with Gasteiger partial charge in [0.15, 0.2) is 0 Å². The van der Waals surface area contributed by atoms with Crippen LogP contribution in [0, 0.1) is 0 Å². The average Bonchev–Trinajstić information content (AvgIpc) is 2.64. The molecule has 2 aromatic carbocycles. The molecule has 2 aromatic rings. The summed E-state index contributed by atoms with van der Waals surface area (Å²) < 4.78 is 9.95. The highest BCUT2D eigenvalue weighted by molar-refractivity contribution is 5.92. The Labute approximate surface area is 141 Å². The Morgan fingerprint density at radius 1 is 0.958 bits per heavy atom. The van der Waals surface area contributed by atoms with Crippen molar-refractivity contribution in [3.8, 4) is 0 Å². The predicted octanol–water partition coefficient (Wildman–Crippen LogP) is 4.01. The van der Waals surface area contributed by atoms with Crippen LogP contribution in [0.4, 0.5) is 0 Å². The molecule has 0 fully saturated rings. The highest BCUT2D eigenvalue weighted by atomic mass is 16.5. The summed E-state index contributed by atoms with van der Waals surface area (Å²) >= 11 is 0. The molecule has 0 aliphatic carbocycles. The first-order valence-electron chi connectivity index (χ1n) is 7.74. The SMILES string of the molecule is CC/C(=C/C(=O)OCc1ccccc1)c1ccc(C(=O)OC)cc1. The van der Waals surface area contributed by atoms with Crippen molar-refractivity contribution >= 4 is 17.5 Å². The number of rotatable bonds is 6. The number of methoxy groups -OCH3 is 1. The minimum absolute atomic E-state index is 0.244. The second kappa shape index (κ2) is 8.67. The van der Waals surface area contributed by atoms with Crippen LogP contribution >= 0.6 is 0 Å². The van der Waals surface area contributed by atoms with E-state index in [2.05, 4.69) is 4.74 Å². The fourth-order valence-electron chi connectivity index (χ4n) is 2.24. The monoisotopic (exact) mass is 324 g/mol. The van der Waals surface area contributed by atoms with E-state index in [1.807, 2.05) is 37.3 Å². The van der Waals surface area contributed by atoms with E-state index in [-0.39, 0.29) is 18.5 Å². The Bertz CT molecular complexity index is 715. The van der Waals surface area contributed by atoms with Crippen LogP contribution in [0.25, 0.3) is 5.57 Å². The Kier molecular flexibility index (Phi) is 6.32. The van der Waals surface area contributed by atoms with E-state index < -0.39 is 0 Å². The smallest absolute Gasteiger partial charge is 0.337 e. The zero-order valence-corrected chi connectivity index (χ0v) is 13.8. The topological polar surface area (TPSA) is 52.6 Å². The lowest BCUT2D eigenvalue weighted by atomic mass is 10.0. The molecule has 2 rings (SSSR count). The van der Waals surface area contributed by atoms with Crippen molar-refractivity contribution in [1.29, 1.82) is 0 Å². The molecule has 0 unspecified atom stereocenters. The highest BCUT2D eigenvalue weighted by Crippen LogP contribution is 2.19. The number of benzene rings is 2. The summed E-state index contributed by atoms with van der Waals surface area (Å²) in [6, 6.07) is 16.5. The van der Waals surface area contributed by atoms with Crippen LogP contribution in [0.3, 0.4) is 0 Å². The first-order valence-corrected chi connectivity index (χ1v) is 7.74. The van der Waals surface area contributed by atoms with Gasteiger partial charge in [0.2, 0.25) is 0 Å². The molecule has 0 spiro atoms. The molecule has 4 heteroatoms. The summed E-state index contributed by atoms with van der Waals surface area (Å²) in [5.41, 5.74) is 3.15. The van der Waals surface area contributed by atoms with Crippen molar-refractivity contribution in [2.45, 2.75) is 20.0 Å². The largest absolute Gasteiger partial charge is 0.465 e. The lowest BCUT2D eigenvalue weighted by Crippen LogP contribution is -2.03. The van der Waals surface area contributed by atoms with Crippen molar-refractivity contribution in [1.82, 2.24) is 0 Å². The average molecular weight is 324 g/mol. The predicted molar refractivity (Wildman–Crippen MR) is 92.3 cm³/mol. The van der Waals surface area contributed by atoms with Crippen LogP contribution in [0.2, 0.25) is 0 Å². The fourth-order valence-corrected chi connectivity index (χ4v) is 2.24. The van der Waals surface area contributed by atoms with E-state index in [1.165, 1.54) is 13.2 Å². The molecule has 0 saturated heterocycles. The van der Waals surface area contributed by atoms with Gasteiger partial charge in [-0.15, -0.1) is 0 Å². The third kappa shape index (κ3) is 4.81. The van der Waals surface area contributed by atoms with Crippen molar-refractivity contribution in [2.75, 3.05) is 7.11 Å². The third-order valence-electron chi connectivity index (χ3n) is 3.57. The maximum absolute atomic E-state index is 12.0. The lowest BCUT2D eigenvalue weighted by Gasteiger charge is -2.07. The number of carbonyl (C=O) groups excluding carboxylic acids is 2. The zero-order chi connectivity index (χ0) is 17.4. The molecular weight excluding hydrogens is 304 g/mol. The second-order valence-electron chi connectivity index (χ2n) is 5.19. The number of ether oxygens (including phenoxy) is 2. The Morgan fingerprint density at radius 3 is 2.17 bits per heavy atom. The summed E-state index contributed by atoms with van der Waals surface area (Å²) in [7, 11) is 1.34. The zero-order valence-electron chi connectivity index (χ0n) is 13.8. The van der Waals surface area contributed by atoms with Crippen LogP contribution in [0.5, 0.6) is 0 Å². The lowest BCUT2D eigenvalue weighted by molar-refractivity contribution is -0.138. The Hall–Kier alpha value is -2.88. The molecule has 0 atom stereocenters. The van der Waals surface area contributed by atoms with Gasteiger partial charge in [-0.2, -0.15) is 0 Å². The maximum Gasteiger partial charge on any atom is 0.337 e. The normalized spacial score (nSPS) is 11.0. The van der Waals surface area contributed by atoms with Gasteiger partial charge in [-0.25, -0.2) is 9.59 Å². The van der Waals surface area contributed by atoms with Crippen molar-refractivity contribution in [3.05, 3.63) is 77.4 Å². The van der Waals surface area contributed by atoms with Crippen molar-refractivity contribution in [2.24, 2.45) is 0 Å². The number of esters is 2. The molecule has 0 radical (unpaired) electrons. The number of hydrogen-bond donors (Lipinski definition) is 0. The van der Waals surface area contributed by atoms with E-state index >= 15 is 0 Å². The van der Waals surface area contributed by atoms with Gasteiger partial charge in [0.1, 0.15) is 6.61 Å². The summed E-state index contributed by atoms with van der Waals surface area (Å²) in [4.78, 5) is 23.5. The van der Waals surface area contributed by atoms with E-state index in [0.29, 0.717) is 12.0 Å². The molecule has 0 aliphatic rings. The van der Waals surface area contributed by atoms with Crippen LogP contribution in [-0.2, 0) is 20.9 Å². The second-order valence-corrected chi connectivity index (χ2v) is 5.19. The maximum atomic E-state index is 12.0. The van der Waals surface area contributed by atoms with Gasteiger partial charge in [-0.1, -0.05) is 49.4 Å². The Morgan fingerprint density at radius 2 is 1.58 bits per heavy atom. The summed E-state index contributed by atoms with van der Waals surface area (Å²) in [6.07, 6.45) is 2.17. The van der Waals surface area contributed by atoms with Gasteiger partial charge in [-0.05, 0) is 35.3 Å². The third-order valence-corrected chi connectivity index (χ3v) is 3.57. The molecule has 0 heterocycles. The summed E-state index contributed by atoms with van der Waals surface area (Å²) in [6.45, 7) is 2.21. The van der Waals surface area contributed by atoms with Crippen LogP contribution in [-0.4, -0.2) is 19.0 Å². The van der Waals surface area contributed by atoms with Crippen molar-refractivity contribution in [3.63, 3.8) is 0 Å². The number of hydrogen-bond acceptors (Lipinski definition) is 4. The van der Waals surface area contributed by atoms with E-state index in [0.717, 1.165) is 16.7 Å². The molecule has 124 valence electrons. The molecule has 0 aromatic heterocycles. The number of carbonyl (C=O) groups is 2. The molecule has 4 nitrogen and oxygen atoms in total. The fraction of sp³-hybridized carbons (Fsp3) is 0.200. The molecule has 24 heavy (non-hydrogen) atoms. The summed E-state index contributed by atoms with van der Waals surface area (Å²) in [5, 5.41) is 0. The van der Waals surface area contributed by atoms with Crippen molar-refractivity contribution < 1.29 is 19.1 Å². The minimum atomic E-state index is -0.383. The molecule has 0 aliphatic heterocycles. The van der Waals surface area contributed by atoms with Gasteiger partial charge >= 0.3 is 11.9 Å². The Balaban J connectivity index is 2.05. The number of allylic oxidation sites excluding steroid dienone is 1. The van der Waals surface area contributed by atoms with Crippen LogP contribution in [0.15, 0.2) is 60.7 Å². The first-order chi connectivity index (χ1) is 11.6. The van der Waals surface area contributed by atoms with E-state index in [1.54, 1.807) is 24.3 Å². The minimum Gasteiger partial charge on any atom is -0.465 e. The van der Waals surface area contributed by atoms with Gasteiger partial charge < -0.3 is 9.47 Å². The quantitative estimate of drug-likeness (QED) is 0.595. The van der Waals surface area contributed by atoms with Gasteiger partial charge in [0.05, 0.1) is 12.7 Å². The van der Waals surface area contributed by atoms with E-state index in [4.69, 9.17) is 4.74 Å². The standard InChI is InChI=1S/C20H20O4/c1-3-16(17-9-11-18(12-10-17)20(22)23-2)13-19(21)24-14-15-7-5-4-6-8-15/h4-13H,3,14H2,1-2H3/b16-13-. The molecule has 0 amide bonds. The van der Waals surface area contributed by atoms with Gasteiger partial charge in [-0.3, -0.25) is 0 Å². The molecule has 0 N–H and O–H groups in total.